The molecule has 2 aromatic rings. The summed E-state index contributed by atoms with van der Waals surface area (Å²) < 4.78 is 16.4. The van der Waals surface area contributed by atoms with Crippen molar-refractivity contribution in [2.75, 3.05) is 40.3 Å². The van der Waals surface area contributed by atoms with Gasteiger partial charge in [0.2, 0.25) is 5.75 Å². The first-order valence-corrected chi connectivity index (χ1v) is 9.54. The predicted octanol–water partition coefficient (Wildman–Crippen LogP) is 3.17. The lowest BCUT2D eigenvalue weighted by Crippen LogP contribution is -2.31. The molecule has 1 atom stereocenters. The Morgan fingerprint density at radius 3 is 2.10 bits per heavy atom. The van der Waals surface area contributed by atoms with Crippen molar-refractivity contribution in [1.82, 2.24) is 5.01 Å². The first-order chi connectivity index (χ1) is 13.9. The average molecular weight is 415 g/mol. The minimum absolute atomic E-state index is 0.0715. The van der Waals surface area contributed by atoms with Crippen LogP contribution in [0.2, 0.25) is 0 Å². The second-order valence-electron chi connectivity index (χ2n) is 6.85. The largest absolute Gasteiger partial charge is 0.493 e. The van der Waals surface area contributed by atoms with Crippen LogP contribution in [0.25, 0.3) is 0 Å². The van der Waals surface area contributed by atoms with Gasteiger partial charge in [-0.05, 0) is 42.0 Å². The maximum atomic E-state index is 5.97. The molecular weight excluding hydrogens is 388 g/mol. The molecule has 0 spiro atoms. The molecule has 154 valence electrons. The molecule has 0 radical (unpaired) electrons. The standard InChI is InChI=1S/C21H26N4O3S/c1-24(2)15-8-6-13(7-9-15)17-12-16(23-25(17)21(22)29)14-10-18(26-3)20(28-5)19(11-14)27-4/h6-11,17H,12H2,1-5H3,(H2,22,29). The zero-order valence-corrected chi connectivity index (χ0v) is 18.1. The molecule has 0 bridgehead atoms. The summed E-state index contributed by atoms with van der Waals surface area (Å²) in [5.74, 6) is 1.69. The third kappa shape index (κ3) is 4.07. The van der Waals surface area contributed by atoms with E-state index < -0.39 is 0 Å². The summed E-state index contributed by atoms with van der Waals surface area (Å²) in [4.78, 5) is 2.06. The van der Waals surface area contributed by atoms with Crippen molar-refractivity contribution in [3.63, 3.8) is 0 Å². The van der Waals surface area contributed by atoms with Crippen LogP contribution in [0.5, 0.6) is 17.2 Å². The fourth-order valence-electron chi connectivity index (χ4n) is 3.39. The van der Waals surface area contributed by atoms with Gasteiger partial charge in [0.05, 0.1) is 33.1 Å². The molecule has 0 aliphatic carbocycles. The Labute approximate surface area is 176 Å². The zero-order valence-electron chi connectivity index (χ0n) is 17.3. The average Bonchev–Trinajstić information content (AvgIpc) is 3.18. The van der Waals surface area contributed by atoms with E-state index in [1.165, 1.54) is 0 Å². The van der Waals surface area contributed by atoms with Gasteiger partial charge < -0.3 is 24.8 Å². The molecule has 29 heavy (non-hydrogen) atoms. The predicted molar refractivity (Wildman–Crippen MR) is 119 cm³/mol. The molecule has 0 aromatic heterocycles. The third-order valence-corrected chi connectivity index (χ3v) is 5.12. The Morgan fingerprint density at radius 2 is 1.66 bits per heavy atom. The molecule has 2 N–H and O–H groups in total. The van der Waals surface area contributed by atoms with Gasteiger partial charge >= 0.3 is 0 Å². The minimum Gasteiger partial charge on any atom is -0.493 e. The van der Waals surface area contributed by atoms with E-state index in [0.717, 1.165) is 22.5 Å². The molecule has 1 aliphatic rings. The monoisotopic (exact) mass is 414 g/mol. The number of rotatable bonds is 6. The van der Waals surface area contributed by atoms with Crippen molar-refractivity contribution < 1.29 is 14.2 Å². The van der Waals surface area contributed by atoms with Crippen molar-refractivity contribution in [2.45, 2.75) is 12.5 Å². The minimum atomic E-state index is -0.0715. The maximum absolute atomic E-state index is 5.97. The second kappa shape index (κ2) is 8.57. The van der Waals surface area contributed by atoms with Crippen LogP contribution in [-0.2, 0) is 0 Å². The first kappa shape index (κ1) is 20.7. The Morgan fingerprint density at radius 1 is 1.07 bits per heavy atom. The molecule has 0 fully saturated rings. The summed E-state index contributed by atoms with van der Waals surface area (Å²) in [5, 5.41) is 6.62. The number of hydrazone groups is 1. The Bertz CT molecular complexity index is 903. The summed E-state index contributed by atoms with van der Waals surface area (Å²) in [6.07, 6.45) is 0.650. The Balaban J connectivity index is 1.97. The smallest absolute Gasteiger partial charge is 0.203 e. The van der Waals surface area contributed by atoms with Gasteiger partial charge in [0, 0.05) is 31.8 Å². The van der Waals surface area contributed by atoms with E-state index in [-0.39, 0.29) is 11.2 Å². The number of hydrogen-bond donors (Lipinski definition) is 1. The molecular formula is C21H26N4O3S. The lowest BCUT2D eigenvalue weighted by molar-refractivity contribution is 0.324. The summed E-state index contributed by atoms with van der Waals surface area (Å²) in [6, 6.07) is 12.0. The second-order valence-corrected chi connectivity index (χ2v) is 7.27. The van der Waals surface area contributed by atoms with E-state index in [2.05, 4.69) is 29.2 Å². The summed E-state index contributed by atoms with van der Waals surface area (Å²) in [6.45, 7) is 0. The molecule has 1 heterocycles. The van der Waals surface area contributed by atoms with Gasteiger partial charge in [0.15, 0.2) is 16.6 Å². The van der Waals surface area contributed by atoms with Crippen molar-refractivity contribution in [3.8, 4) is 17.2 Å². The van der Waals surface area contributed by atoms with Crippen LogP contribution < -0.4 is 24.8 Å². The normalized spacial score (nSPS) is 15.7. The Hall–Kier alpha value is -3.00. The molecule has 3 rings (SSSR count). The lowest BCUT2D eigenvalue weighted by Gasteiger charge is -2.22. The van der Waals surface area contributed by atoms with Gasteiger partial charge in [-0.25, -0.2) is 5.01 Å². The highest BCUT2D eigenvalue weighted by Gasteiger charge is 2.31. The SMILES string of the molecule is COc1cc(C2=NN(C(N)=S)C(c3ccc(N(C)C)cc3)C2)cc(OC)c1OC. The van der Waals surface area contributed by atoms with Crippen molar-refractivity contribution >= 4 is 28.7 Å². The fraction of sp³-hybridized carbons (Fsp3) is 0.333. The molecule has 0 saturated carbocycles. The molecule has 1 unspecified atom stereocenters. The van der Waals surface area contributed by atoms with Crippen LogP contribution in [0, 0.1) is 0 Å². The first-order valence-electron chi connectivity index (χ1n) is 9.13. The molecule has 2 aromatic carbocycles. The van der Waals surface area contributed by atoms with Gasteiger partial charge in [-0.2, -0.15) is 5.10 Å². The number of ether oxygens (including phenoxy) is 3. The van der Waals surface area contributed by atoms with Crippen molar-refractivity contribution in [2.24, 2.45) is 10.8 Å². The van der Waals surface area contributed by atoms with E-state index in [4.69, 9.17) is 37.3 Å². The maximum Gasteiger partial charge on any atom is 0.203 e. The zero-order chi connectivity index (χ0) is 21.1. The molecule has 0 saturated heterocycles. The van der Waals surface area contributed by atoms with Crippen LogP contribution in [-0.4, -0.2) is 51.3 Å². The molecule has 7 nitrogen and oxygen atoms in total. The lowest BCUT2D eigenvalue weighted by atomic mass is 9.98. The van der Waals surface area contributed by atoms with E-state index >= 15 is 0 Å². The summed E-state index contributed by atoms with van der Waals surface area (Å²) in [7, 11) is 8.78. The van der Waals surface area contributed by atoms with Gasteiger partial charge in [-0.1, -0.05) is 12.1 Å². The van der Waals surface area contributed by atoms with E-state index in [0.29, 0.717) is 23.7 Å². The molecule has 8 heteroatoms. The van der Waals surface area contributed by atoms with E-state index in [9.17, 15) is 0 Å². The quantitative estimate of drug-likeness (QED) is 0.728. The van der Waals surface area contributed by atoms with Gasteiger partial charge in [0.1, 0.15) is 0 Å². The molecule has 1 aliphatic heterocycles. The highest BCUT2D eigenvalue weighted by Crippen LogP contribution is 2.40. The number of methoxy groups -OCH3 is 3. The Kier molecular flexibility index (Phi) is 6.12. The highest BCUT2D eigenvalue weighted by molar-refractivity contribution is 7.80. The van der Waals surface area contributed by atoms with E-state index in [1.54, 1.807) is 26.3 Å². The summed E-state index contributed by atoms with van der Waals surface area (Å²) >= 11 is 5.26. The third-order valence-electron chi connectivity index (χ3n) is 4.93. The molecule has 0 amide bonds. The van der Waals surface area contributed by atoms with Gasteiger partial charge in [0.25, 0.3) is 0 Å². The van der Waals surface area contributed by atoms with E-state index in [1.807, 2.05) is 26.2 Å². The number of thiocarbonyl (C=S) groups is 1. The van der Waals surface area contributed by atoms with Crippen LogP contribution in [0.15, 0.2) is 41.5 Å². The van der Waals surface area contributed by atoms with Crippen LogP contribution in [0.1, 0.15) is 23.6 Å². The van der Waals surface area contributed by atoms with Crippen LogP contribution >= 0.6 is 12.2 Å². The number of anilines is 1. The highest BCUT2D eigenvalue weighted by atomic mass is 32.1. The number of nitrogens with zero attached hydrogens (tertiary/aromatic N) is 3. The van der Waals surface area contributed by atoms with Gasteiger partial charge in [-0.15, -0.1) is 0 Å². The van der Waals surface area contributed by atoms with Gasteiger partial charge in [-0.3, -0.25) is 0 Å². The summed E-state index contributed by atoms with van der Waals surface area (Å²) in [5.41, 5.74) is 9.91. The van der Waals surface area contributed by atoms with Crippen LogP contribution in [0.4, 0.5) is 5.69 Å². The fourth-order valence-corrected chi connectivity index (χ4v) is 3.56. The topological polar surface area (TPSA) is 72.5 Å². The number of hydrogen-bond acceptors (Lipinski definition) is 6. The van der Waals surface area contributed by atoms with Crippen molar-refractivity contribution in [3.05, 3.63) is 47.5 Å². The number of nitrogens with two attached hydrogens (primary N) is 1. The number of benzene rings is 2. The van der Waals surface area contributed by atoms with Crippen molar-refractivity contribution in [1.29, 1.82) is 0 Å². The van der Waals surface area contributed by atoms with Crippen LogP contribution in [0.3, 0.4) is 0 Å².